The molecule has 2 amide bonds. The standard InChI is InChI=1S/C13H15F3N2O3/c14-13(15,16)9-1-3-10(4-2-9)18-12(19)17-7-11-8-20-5-6-21-11/h1-4,11H,5-8H2,(H2,17,18,19). The third kappa shape index (κ3) is 4.91. The molecule has 1 aliphatic rings. The molecule has 8 heteroatoms. The zero-order valence-corrected chi connectivity index (χ0v) is 11.1. The van der Waals surface area contributed by atoms with Crippen LogP contribution in [0, 0.1) is 0 Å². The van der Waals surface area contributed by atoms with E-state index < -0.39 is 17.8 Å². The highest BCUT2D eigenvalue weighted by Crippen LogP contribution is 2.29. The van der Waals surface area contributed by atoms with Gasteiger partial charge in [-0.25, -0.2) is 4.79 Å². The molecule has 1 aliphatic heterocycles. The lowest BCUT2D eigenvalue weighted by molar-refractivity contribution is -0.137. The van der Waals surface area contributed by atoms with Crippen LogP contribution in [-0.4, -0.2) is 38.5 Å². The van der Waals surface area contributed by atoms with Crippen LogP contribution >= 0.6 is 0 Å². The van der Waals surface area contributed by atoms with Gasteiger partial charge in [0.05, 0.1) is 31.5 Å². The van der Waals surface area contributed by atoms with Crippen molar-refractivity contribution in [3.63, 3.8) is 0 Å². The molecule has 0 aliphatic carbocycles. The fourth-order valence-corrected chi connectivity index (χ4v) is 1.78. The minimum atomic E-state index is -4.39. The summed E-state index contributed by atoms with van der Waals surface area (Å²) in [6.07, 6.45) is -4.60. The molecule has 1 fully saturated rings. The molecular formula is C13H15F3N2O3. The quantitative estimate of drug-likeness (QED) is 0.900. The molecule has 1 aromatic carbocycles. The van der Waals surface area contributed by atoms with Gasteiger partial charge in [0.15, 0.2) is 0 Å². The van der Waals surface area contributed by atoms with E-state index in [0.717, 1.165) is 12.1 Å². The van der Waals surface area contributed by atoms with E-state index >= 15 is 0 Å². The van der Waals surface area contributed by atoms with Crippen molar-refractivity contribution in [2.24, 2.45) is 0 Å². The van der Waals surface area contributed by atoms with E-state index in [1.54, 1.807) is 0 Å². The first-order chi connectivity index (χ1) is 9.95. The van der Waals surface area contributed by atoms with Gasteiger partial charge in [0.1, 0.15) is 0 Å². The second-order valence-corrected chi connectivity index (χ2v) is 4.48. The summed E-state index contributed by atoms with van der Waals surface area (Å²) in [5.74, 6) is 0. The third-order valence-electron chi connectivity index (χ3n) is 2.85. The van der Waals surface area contributed by atoms with Gasteiger partial charge in [-0.3, -0.25) is 0 Å². The highest BCUT2D eigenvalue weighted by molar-refractivity contribution is 5.89. The number of hydrogen-bond acceptors (Lipinski definition) is 3. The van der Waals surface area contributed by atoms with Crippen LogP contribution in [0.3, 0.4) is 0 Å². The Morgan fingerprint density at radius 3 is 2.52 bits per heavy atom. The number of carbonyl (C=O) groups is 1. The monoisotopic (exact) mass is 304 g/mol. The lowest BCUT2D eigenvalue weighted by Gasteiger charge is -2.23. The number of benzene rings is 1. The molecule has 1 atom stereocenters. The number of ether oxygens (including phenoxy) is 2. The van der Waals surface area contributed by atoms with Gasteiger partial charge in [0.2, 0.25) is 0 Å². The van der Waals surface area contributed by atoms with Crippen LogP contribution in [0.5, 0.6) is 0 Å². The maximum absolute atomic E-state index is 12.4. The van der Waals surface area contributed by atoms with E-state index in [1.165, 1.54) is 12.1 Å². The Morgan fingerprint density at radius 2 is 1.95 bits per heavy atom. The second-order valence-electron chi connectivity index (χ2n) is 4.48. The minimum Gasteiger partial charge on any atom is -0.376 e. The van der Waals surface area contributed by atoms with Gasteiger partial charge in [-0.1, -0.05) is 0 Å². The van der Waals surface area contributed by atoms with Crippen LogP contribution in [0.25, 0.3) is 0 Å². The lowest BCUT2D eigenvalue weighted by Crippen LogP contribution is -2.41. The molecule has 0 spiro atoms. The van der Waals surface area contributed by atoms with Crippen LogP contribution in [0.2, 0.25) is 0 Å². The number of halogens is 3. The maximum atomic E-state index is 12.4. The Balaban J connectivity index is 1.79. The van der Waals surface area contributed by atoms with Crippen LogP contribution in [0.4, 0.5) is 23.7 Å². The van der Waals surface area contributed by atoms with E-state index in [0.29, 0.717) is 19.8 Å². The van der Waals surface area contributed by atoms with E-state index in [9.17, 15) is 18.0 Å². The van der Waals surface area contributed by atoms with Gasteiger partial charge in [-0.05, 0) is 24.3 Å². The first kappa shape index (κ1) is 15.6. The Kier molecular flexibility index (Phi) is 5.03. The lowest BCUT2D eigenvalue weighted by atomic mass is 10.2. The van der Waals surface area contributed by atoms with E-state index in [-0.39, 0.29) is 18.3 Å². The summed E-state index contributed by atoms with van der Waals surface area (Å²) in [6, 6.07) is 3.70. The van der Waals surface area contributed by atoms with Gasteiger partial charge in [0.25, 0.3) is 0 Å². The van der Waals surface area contributed by atoms with Crippen LogP contribution < -0.4 is 10.6 Å². The molecule has 0 saturated carbocycles. The van der Waals surface area contributed by atoms with Crippen molar-refractivity contribution in [1.82, 2.24) is 5.32 Å². The van der Waals surface area contributed by atoms with Crippen molar-refractivity contribution < 1.29 is 27.4 Å². The van der Waals surface area contributed by atoms with Gasteiger partial charge in [0, 0.05) is 12.2 Å². The molecular weight excluding hydrogens is 289 g/mol. The average Bonchev–Trinajstić information content (AvgIpc) is 2.46. The summed E-state index contributed by atoms with van der Waals surface area (Å²) >= 11 is 0. The van der Waals surface area contributed by atoms with Crippen LogP contribution in [-0.2, 0) is 15.7 Å². The van der Waals surface area contributed by atoms with Gasteiger partial charge in [-0.15, -0.1) is 0 Å². The van der Waals surface area contributed by atoms with Crippen LogP contribution in [0.15, 0.2) is 24.3 Å². The first-order valence-corrected chi connectivity index (χ1v) is 6.36. The first-order valence-electron chi connectivity index (χ1n) is 6.36. The summed E-state index contributed by atoms with van der Waals surface area (Å²) in [5, 5.41) is 5.01. The molecule has 116 valence electrons. The average molecular weight is 304 g/mol. The molecule has 0 aromatic heterocycles. The smallest absolute Gasteiger partial charge is 0.376 e. The van der Waals surface area contributed by atoms with Crippen molar-refractivity contribution in [3.8, 4) is 0 Å². The number of nitrogens with one attached hydrogen (secondary N) is 2. The molecule has 2 N–H and O–H groups in total. The SMILES string of the molecule is O=C(NCC1COCCO1)Nc1ccc(C(F)(F)F)cc1. The van der Waals surface area contributed by atoms with Gasteiger partial charge in [-0.2, -0.15) is 13.2 Å². The van der Waals surface area contributed by atoms with Gasteiger partial charge < -0.3 is 20.1 Å². The van der Waals surface area contributed by atoms with E-state index in [4.69, 9.17) is 9.47 Å². The largest absolute Gasteiger partial charge is 0.416 e. The molecule has 5 nitrogen and oxygen atoms in total. The zero-order valence-electron chi connectivity index (χ0n) is 11.1. The highest BCUT2D eigenvalue weighted by Gasteiger charge is 2.30. The second kappa shape index (κ2) is 6.77. The van der Waals surface area contributed by atoms with E-state index in [1.807, 2.05) is 0 Å². The maximum Gasteiger partial charge on any atom is 0.416 e. The number of amides is 2. The highest BCUT2D eigenvalue weighted by atomic mass is 19.4. The summed E-state index contributed by atoms with van der Waals surface area (Å²) in [6.45, 7) is 1.69. The fourth-order valence-electron chi connectivity index (χ4n) is 1.78. The molecule has 1 heterocycles. The van der Waals surface area contributed by atoms with Crippen molar-refractivity contribution >= 4 is 11.7 Å². The van der Waals surface area contributed by atoms with Gasteiger partial charge >= 0.3 is 12.2 Å². The van der Waals surface area contributed by atoms with Crippen molar-refractivity contribution in [2.45, 2.75) is 12.3 Å². The van der Waals surface area contributed by atoms with Crippen molar-refractivity contribution in [1.29, 1.82) is 0 Å². The Hall–Kier alpha value is -1.80. The molecule has 0 bridgehead atoms. The Bertz CT molecular complexity index is 471. The number of carbonyl (C=O) groups excluding carboxylic acids is 1. The summed E-state index contributed by atoms with van der Waals surface area (Å²) in [7, 11) is 0. The Labute approximate surface area is 119 Å². The summed E-state index contributed by atoms with van der Waals surface area (Å²) in [4.78, 5) is 11.6. The predicted molar refractivity (Wildman–Crippen MR) is 69.0 cm³/mol. The number of rotatable bonds is 3. The molecule has 21 heavy (non-hydrogen) atoms. The topological polar surface area (TPSA) is 59.6 Å². The minimum absolute atomic E-state index is 0.211. The molecule has 1 unspecified atom stereocenters. The van der Waals surface area contributed by atoms with Crippen molar-refractivity contribution in [3.05, 3.63) is 29.8 Å². The normalized spacial score (nSPS) is 19.1. The van der Waals surface area contributed by atoms with E-state index in [2.05, 4.69) is 10.6 Å². The van der Waals surface area contributed by atoms with Crippen LogP contribution in [0.1, 0.15) is 5.56 Å². The molecule has 1 aromatic rings. The zero-order chi connectivity index (χ0) is 15.3. The summed E-state index contributed by atoms with van der Waals surface area (Å²) < 4.78 is 47.7. The molecule has 0 radical (unpaired) electrons. The van der Waals surface area contributed by atoms with Crippen molar-refractivity contribution in [2.75, 3.05) is 31.7 Å². The number of hydrogen-bond donors (Lipinski definition) is 2. The fraction of sp³-hybridized carbons (Fsp3) is 0.462. The molecule has 1 saturated heterocycles. The number of alkyl halides is 3. The third-order valence-corrected chi connectivity index (χ3v) is 2.85. The summed E-state index contributed by atoms with van der Waals surface area (Å²) in [5.41, 5.74) is -0.484. The Morgan fingerprint density at radius 1 is 1.24 bits per heavy atom. The number of anilines is 1. The predicted octanol–water partition coefficient (Wildman–Crippen LogP) is 2.24. The number of urea groups is 1. The molecule has 2 rings (SSSR count).